The first kappa shape index (κ1) is 17.4. The molecule has 0 bridgehead atoms. The van der Waals surface area contributed by atoms with Crippen LogP contribution in [0.4, 0.5) is 0 Å². The van der Waals surface area contributed by atoms with Crippen LogP contribution < -0.4 is 10.9 Å². The minimum Gasteiger partial charge on any atom is -0.347 e. The van der Waals surface area contributed by atoms with Gasteiger partial charge in [0.05, 0.1) is 5.39 Å². The number of nitrogens with one attached hydrogen (secondary N) is 1. The third-order valence-electron chi connectivity index (χ3n) is 5.03. The summed E-state index contributed by atoms with van der Waals surface area (Å²) in [5.41, 5.74) is 1.38. The van der Waals surface area contributed by atoms with Crippen molar-refractivity contribution in [2.75, 3.05) is 13.1 Å². The molecule has 1 saturated heterocycles. The lowest BCUT2D eigenvalue weighted by Gasteiger charge is -2.17. The van der Waals surface area contributed by atoms with Crippen molar-refractivity contribution >= 4 is 16.7 Å². The second kappa shape index (κ2) is 7.32. The molecule has 3 aromatic rings. The Kier molecular flexibility index (Phi) is 4.73. The highest BCUT2D eigenvalue weighted by Crippen LogP contribution is 2.16. The molecule has 2 aromatic carbocycles. The van der Waals surface area contributed by atoms with Crippen LogP contribution in [0.5, 0.6) is 0 Å². The number of rotatable bonds is 4. The fraction of sp³-hybridized carbons (Fsp3) is 0.286. The normalized spacial score (nSPS) is 17.3. The molecule has 27 heavy (non-hydrogen) atoms. The first-order valence-electron chi connectivity index (χ1n) is 9.15. The van der Waals surface area contributed by atoms with E-state index in [0.717, 1.165) is 26.1 Å². The Labute approximate surface area is 157 Å². The SMILES string of the molecule is Cn1nc(C(=O)NC2CCN(Cc3ccccc3)C2)c2ccccc2c1=O. The van der Waals surface area contributed by atoms with Gasteiger partial charge in [-0.05, 0) is 18.1 Å². The number of carbonyl (C=O) groups is 1. The van der Waals surface area contributed by atoms with Gasteiger partial charge in [0.15, 0.2) is 5.69 Å². The van der Waals surface area contributed by atoms with Crippen molar-refractivity contribution in [1.29, 1.82) is 0 Å². The third-order valence-corrected chi connectivity index (χ3v) is 5.03. The van der Waals surface area contributed by atoms with Crippen LogP contribution in [0.1, 0.15) is 22.5 Å². The van der Waals surface area contributed by atoms with E-state index in [0.29, 0.717) is 16.5 Å². The smallest absolute Gasteiger partial charge is 0.274 e. The standard InChI is InChI=1S/C21H22N4O2/c1-24-21(27)18-10-6-5-9-17(18)19(23-24)20(26)22-16-11-12-25(14-16)13-15-7-3-2-4-8-15/h2-10,16H,11-14H2,1H3,(H,22,26). The van der Waals surface area contributed by atoms with Crippen LogP contribution in [0.15, 0.2) is 59.4 Å². The van der Waals surface area contributed by atoms with E-state index in [2.05, 4.69) is 27.4 Å². The average molecular weight is 362 g/mol. The van der Waals surface area contributed by atoms with E-state index in [1.165, 1.54) is 10.2 Å². The number of aryl methyl sites for hydroxylation is 1. The topological polar surface area (TPSA) is 67.2 Å². The highest BCUT2D eigenvalue weighted by atomic mass is 16.2. The molecule has 1 amide bonds. The quantitative estimate of drug-likeness (QED) is 0.770. The molecule has 1 aliphatic heterocycles. The van der Waals surface area contributed by atoms with Crippen LogP contribution in [0.25, 0.3) is 10.8 Å². The van der Waals surface area contributed by atoms with Gasteiger partial charge < -0.3 is 5.32 Å². The number of hydrogen-bond donors (Lipinski definition) is 1. The molecule has 0 aliphatic carbocycles. The predicted octanol–water partition coefficient (Wildman–Crippen LogP) is 1.94. The maximum atomic E-state index is 12.8. The van der Waals surface area contributed by atoms with Crippen LogP contribution in [0.2, 0.25) is 0 Å². The van der Waals surface area contributed by atoms with Crippen molar-refractivity contribution in [2.24, 2.45) is 7.05 Å². The number of aromatic nitrogens is 2. The summed E-state index contributed by atoms with van der Waals surface area (Å²) < 4.78 is 1.23. The summed E-state index contributed by atoms with van der Waals surface area (Å²) in [5.74, 6) is -0.228. The molecule has 0 spiro atoms. The van der Waals surface area contributed by atoms with Crippen molar-refractivity contribution in [1.82, 2.24) is 20.0 Å². The van der Waals surface area contributed by atoms with Gasteiger partial charge in [-0.3, -0.25) is 14.5 Å². The molecule has 2 heterocycles. The summed E-state index contributed by atoms with van der Waals surface area (Å²) in [6, 6.07) is 17.5. The van der Waals surface area contributed by atoms with Gasteiger partial charge in [0, 0.05) is 38.1 Å². The molecule has 1 aromatic heterocycles. The second-order valence-corrected chi connectivity index (χ2v) is 7.00. The number of nitrogens with zero attached hydrogens (tertiary/aromatic N) is 3. The van der Waals surface area contributed by atoms with Crippen LogP contribution in [0, 0.1) is 0 Å². The van der Waals surface area contributed by atoms with E-state index in [1.807, 2.05) is 24.3 Å². The zero-order valence-electron chi connectivity index (χ0n) is 15.3. The van der Waals surface area contributed by atoms with Crippen molar-refractivity contribution in [2.45, 2.75) is 19.0 Å². The summed E-state index contributed by atoms with van der Waals surface area (Å²) >= 11 is 0. The number of benzene rings is 2. The van der Waals surface area contributed by atoms with Gasteiger partial charge in [-0.1, -0.05) is 48.5 Å². The Balaban J connectivity index is 1.48. The van der Waals surface area contributed by atoms with E-state index in [9.17, 15) is 9.59 Å². The first-order chi connectivity index (χ1) is 13.1. The molecular weight excluding hydrogens is 340 g/mol. The predicted molar refractivity (Wildman–Crippen MR) is 105 cm³/mol. The van der Waals surface area contributed by atoms with Gasteiger partial charge in [-0.15, -0.1) is 0 Å². The molecule has 6 nitrogen and oxygen atoms in total. The Morgan fingerprint density at radius 3 is 2.59 bits per heavy atom. The van der Waals surface area contributed by atoms with Gasteiger partial charge >= 0.3 is 0 Å². The molecule has 4 rings (SSSR count). The zero-order valence-corrected chi connectivity index (χ0v) is 15.3. The number of amides is 1. The Bertz CT molecular complexity index is 1030. The zero-order chi connectivity index (χ0) is 18.8. The number of carbonyl (C=O) groups excluding carboxylic acids is 1. The number of likely N-dealkylation sites (tertiary alicyclic amines) is 1. The maximum absolute atomic E-state index is 12.8. The minimum atomic E-state index is -0.228. The molecule has 1 atom stereocenters. The molecule has 0 radical (unpaired) electrons. The third kappa shape index (κ3) is 3.61. The number of fused-ring (bicyclic) bond motifs is 1. The van der Waals surface area contributed by atoms with Gasteiger partial charge in [-0.25, -0.2) is 4.68 Å². The van der Waals surface area contributed by atoms with E-state index in [-0.39, 0.29) is 17.5 Å². The van der Waals surface area contributed by atoms with Gasteiger partial charge in [-0.2, -0.15) is 5.10 Å². The Hall–Kier alpha value is -2.99. The number of hydrogen-bond acceptors (Lipinski definition) is 4. The first-order valence-corrected chi connectivity index (χ1v) is 9.15. The van der Waals surface area contributed by atoms with E-state index in [1.54, 1.807) is 25.2 Å². The highest BCUT2D eigenvalue weighted by molar-refractivity contribution is 6.04. The molecule has 6 heteroatoms. The van der Waals surface area contributed by atoms with Gasteiger partial charge in [0.2, 0.25) is 0 Å². The summed E-state index contributed by atoms with van der Waals surface area (Å²) in [5, 5.41) is 8.41. The average Bonchev–Trinajstić information content (AvgIpc) is 3.12. The molecule has 1 fully saturated rings. The molecule has 1 N–H and O–H groups in total. The summed E-state index contributed by atoms with van der Waals surface area (Å²) in [6.07, 6.45) is 0.905. The molecule has 1 unspecified atom stereocenters. The summed E-state index contributed by atoms with van der Waals surface area (Å²) in [7, 11) is 1.57. The second-order valence-electron chi connectivity index (χ2n) is 7.00. The Morgan fingerprint density at radius 1 is 1.11 bits per heavy atom. The lowest BCUT2D eigenvalue weighted by Crippen LogP contribution is -2.38. The summed E-state index contributed by atoms with van der Waals surface area (Å²) in [4.78, 5) is 27.4. The van der Waals surface area contributed by atoms with Crippen LogP contribution in [-0.4, -0.2) is 39.7 Å². The van der Waals surface area contributed by atoms with Crippen LogP contribution in [0.3, 0.4) is 0 Å². The van der Waals surface area contributed by atoms with Crippen molar-refractivity contribution in [3.8, 4) is 0 Å². The molecule has 1 aliphatic rings. The van der Waals surface area contributed by atoms with Crippen LogP contribution in [-0.2, 0) is 13.6 Å². The fourth-order valence-corrected chi connectivity index (χ4v) is 3.66. The largest absolute Gasteiger partial charge is 0.347 e. The van der Waals surface area contributed by atoms with E-state index >= 15 is 0 Å². The summed E-state index contributed by atoms with van der Waals surface area (Å²) in [6.45, 7) is 2.64. The molecular formula is C21H22N4O2. The van der Waals surface area contributed by atoms with E-state index in [4.69, 9.17) is 0 Å². The maximum Gasteiger partial charge on any atom is 0.274 e. The lowest BCUT2D eigenvalue weighted by atomic mass is 10.1. The lowest BCUT2D eigenvalue weighted by molar-refractivity contribution is 0.0932. The monoisotopic (exact) mass is 362 g/mol. The highest BCUT2D eigenvalue weighted by Gasteiger charge is 2.25. The minimum absolute atomic E-state index is 0.0824. The molecule has 138 valence electrons. The van der Waals surface area contributed by atoms with Crippen molar-refractivity contribution in [3.63, 3.8) is 0 Å². The van der Waals surface area contributed by atoms with E-state index < -0.39 is 0 Å². The van der Waals surface area contributed by atoms with Gasteiger partial charge in [0.1, 0.15) is 0 Å². The molecule has 0 saturated carbocycles. The van der Waals surface area contributed by atoms with Crippen LogP contribution >= 0.6 is 0 Å². The van der Waals surface area contributed by atoms with Crippen molar-refractivity contribution < 1.29 is 4.79 Å². The van der Waals surface area contributed by atoms with Gasteiger partial charge in [0.25, 0.3) is 11.5 Å². The fourth-order valence-electron chi connectivity index (χ4n) is 3.66. The Morgan fingerprint density at radius 2 is 1.81 bits per heavy atom. The van der Waals surface area contributed by atoms with Crippen molar-refractivity contribution in [3.05, 3.63) is 76.2 Å².